The molecule has 0 aliphatic heterocycles. The van der Waals surface area contributed by atoms with Gasteiger partial charge in [-0.3, -0.25) is 4.79 Å². The minimum absolute atomic E-state index is 0.133. The summed E-state index contributed by atoms with van der Waals surface area (Å²) in [5.41, 5.74) is 0.920. The van der Waals surface area contributed by atoms with Crippen LogP contribution < -0.4 is 10.1 Å². The first kappa shape index (κ1) is 12.9. The van der Waals surface area contributed by atoms with Crippen LogP contribution in [0.25, 0.3) is 0 Å². The number of para-hydroxylation sites is 1. The number of amides is 1. The smallest absolute Gasteiger partial charge is 0.220 e. The van der Waals surface area contributed by atoms with Crippen molar-refractivity contribution in [2.24, 2.45) is 5.92 Å². The molecule has 1 fully saturated rings. The maximum atomic E-state index is 11.9. The summed E-state index contributed by atoms with van der Waals surface area (Å²) in [6, 6.07) is 7.94. The Hall–Kier alpha value is -1.51. The second-order valence-corrected chi connectivity index (χ2v) is 5.43. The zero-order chi connectivity index (χ0) is 13.2. The maximum absolute atomic E-state index is 11.9. The van der Waals surface area contributed by atoms with Crippen LogP contribution >= 0.6 is 0 Å². The average molecular weight is 247 g/mol. The standard InChI is InChI=1S/C15H21NO2/c1-11(2)10-14(17)16-15(8-9-15)12-6-4-5-7-13(12)18-3/h4-7,11H,8-10H2,1-3H3,(H,16,17). The molecule has 1 aromatic rings. The van der Waals surface area contributed by atoms with E-state index in [4.69, 9.17) is 4.74 Å². The van der Waals surface area contributed by atoms with Crippen LogP contribution in [-0.4, -0.2) is 13.0 Å². The molecule has 18 heavy (non-hydrogen) atoms. The first-order valence-corrected chi connectivity index (χ1v) is 6.52. The third kappa shape index (κ3) is 2.66. The van der Waals surface area contributed by atoms with Gasteiger partial charge < -0.3 is 10.1 Å². The molecule has 1 aromatic carbocycles. The van der Waals surface area contributed by atoms with Crippen molar-refractivity contribution in [1.29, 1.82) is 0 Å². The summed E-state index contributed by atoms with van der Waals surface area (Å²) in [5, 5.41) is 3.17. The van der Waals surface area contributed by atoms with Crippen LogP contribution in [0.3, 0.4) is 0 Å². The first-order valence-electron chi connectivity index (χ1n) is 6.52. The highest BCUT2D eigenvalue weighted by Crippen LogP contribution is 2.48. The number of methoxy groups -OCH3 is 1. The van der Waals surface area contributed by atoms with E-state index in [0.717, 1.165) is 24.2 Å². The van der Waals surface area contributed by atoms with Gasteiger partial charge in [0, 0.05) is 12.0 Å². The third-order valence-corrected chi connectivity index (χ3v) is 3.34. The summed E-state index contributed by atoms with van der Waals surface area (Å²) in [5.74, 6) is 1.38. The highest BCUT2D eigenvalue weighted by atomic mass is 16.5. The number of benzene rings is 1. The van der Waals surface area contributed by atoms with Crippen molar-refractivity contribution >= 4 is 5.91 Å². The molecule has 98 valence electrons. The van der Waals surface area contributed by atoms with Gasteiger partial charge in [0.15, 0.2) is 0 Å². The minimum atomic E-state index is -0.182. The molecule has 1 N–H and O–H groups in total. The molecular weight excluding hydrogens is 226 g/mol. The Bertz CT molecular complexity index is 436. The summed E-state index contributed by atoms with van der Waals surface area (Å²) in [6.07, 6.45) is 2.57. The third-order valence-electron chi connectivity index (χ3n) is 3.34. The second-order valence-electron chi connectivity index (χ2n) is 5.43. The summed E-state index contributed by atoms with van der Waals surface area (Å²) in [7, 11) is 1.67. The monoisotopic (exact) mass is 247 g/mol. The Morgan fingerprint density at radius 1 is 1.39 bits per heavy atom. The average Bonchev–Trinajstić information content (AvgIpc) is 3.08. The molecule has 1 amide bonds. The Labute approximate surface area is 109 Å². The molecule has 0 atom stereocenters. The number of hydrogen-bond acceptors (Lipinski definition) is 2. The van der Waals surface area contributed by atoms with Crippen LogP contribution in [-0.2, 0) is 10.3 Å². The highest BCUT2D eigenvalue weighted by Gasteiger charge is 2.47. The number of ether oxygens (including phenoxy) is 1. The predicted molar refractivity (Wildman–Crippen MR) is 71.5 cm³/mol. The van der Waals surface area contributed by atoms with Crippen LogP contribution in [0.2, 0.25) is 0 Å². The van der Waals surface area contributed by atoms with Crippen LogP contribution in [0, 0.1) is 5.92 Å². The first-order chi connectivity index (χ1) is 8.57. The van der Waals surface area contributed by atoms with E-state index < -0.39 is 0 Å². The van der Waals surface area contributed by atoms with Crippen LogP contribution in [0.15, 0.2) is 24.3 Å². The molecular formula is C15H21NO2. The lowest BCUT2D eigenvalue weighted by molar-refractivity contribution is -0.122. The number of rotatable bonds is 5. The molecule has 0 aromatic heterocycles. The van der Waals surface area contributed by atoms with E-state index >= 15 is 0 Å². The van der Waals surface area contributed by atoms with E-state index in [-0.39, 0.29) is 11.4 Å². The van der Waals surface area contributed by atoms with Gasteiger partial charge >= 0.3 is 0 Å². The van der Waals surface area contributed by atoms with Gasteiger partial charge in [-0.2, -0.15) is 0 Å². The molecule has 3 nitrogen and oxygen atoms in total. The molecule has 0 unspecified atom stereocenters. The van der Waals surface area contributed by atoms with Gasteiger partial charge in [-0.15, -0.1) is 0 Å². The molecule has 1 aliphatic rings. The van der Waals surface area contributed by atoms with E-state index in [0.29, 0.717) is 12.3 Å². The summed E-state index contributed by atoms with van der Waals surface area (Å²) in [4.78, 5) is 11.9. The summed E-state index contributed by atoms with van der Waals surface area (Å²) >= 11 is 0. The molecule has 0 spiro atoms. The van der Waals surface area contributed by atoms with Crippen molar-refractivity contribution in [2.75, 3.05) is 7.11 Å². The van der Waals surface area contributed by atoms with E-state index in [9.17, 15) is 4.79 Å². The largest absolute Gasteiger partial charge is 0.496 e. The zero-order valence-electron chi connectivity index (χ0n) is 11.3. The molecule has 1 aliphatic carbocycles. The molecule has 0 saturated heterocycles. The van der Waals surface area contributed by atoms with Crippen molar-refractivity contribution < 1.29 is 9.53 Å². The van der Waals surface area contributed by atoms with Crippen molar-refractivity contribution in [1.82, 2.24) is 5.32 Å². The van der Waals surface area contributed by atoms with Crippen molar-refractivity contribution in [3.63, 3.8) is 0 Å². The lowest BCUT2D eigenvalue weighted by Gasteiger charge is -2.21. The van der Waals surface area contributed by atoms with Gasteiger partial charge in [0.05, 0.1) is 12.6 Å². The normalized spacial score (nSPS) is 16.4. The van der Waals surface area contributed by atoms with E-state index in [1.54, 1.807) is 7.11 Å². The van der Waals surface area contributed by atoms with Gasteiger partial charge in [0.2, 0.25) is 5.91 Å². The maximum Gasteiger partial charge on any atom is 0.220 e. The van der Waals surface area contributed by atoms with E-state index in [2.05, 4.69) is 19.2 Å². The quantitative estimate of drug-likeness (QED) is 0.869. The van der Waals surface area contributed by atoms with Crippen molar-refractivity contribution in [3.8, 4) is 5.75 Å². The number of nitrogens with one attached hydrogen (secondary N) is 1. The van der Waals surface area contributed by atoms with Crippen molar-refractivity contribution in [2.45, 2.75) is 38.6 Å². The van der Waals surface area contributed by atoms with Gasteiger partial charge in [-0.05, 0) is 24.8 Å². The highest BCUT2D eigenvalue weighted by molar-refractivity contribution is 5.78. The van der Waals surface area contributed by atoms with E-state index in [1.807, 2.05) is 24.3 Å². The molecule has 3 heteroatoms. The van der Waals surface area contributed by atoms with Gasteiger partial charge in [0.1, 0.15) is 5.75 Å². The lowest BCUT2D eigenvalue weighted by Crippen LogP contribution is -2.35. The number of carbonyl (C=O) groups is 1. The Morgan fingerprint density at radius 2 is 2.06 bits per heavy atom. The lowest BCUT2D eigenvalue weighted by atomic mass is 10.0. The number of hydrogen-bond donors (Lipinski definition) is 1. The van der Waals surface area contributed by atoms with Crippen LogP contribution in [0.5, 0.6) is 5.75 Å². The Kier molecular flexibility index (Phi) is 3.60. The molecule has 0 heterocycles. The SMILES string of the molecule is COc1ccccc1C1(NC(=O)CC(C)C)CC1. The fourth-order valence-electron chi connectivity index (χ4n) is 2.32. The Balaban J connectivity index is 2.14. The van der Waals surface area contributed by atoms with Crippen LogP contribution in [0.4, 0.5) is 0 Å². The summed E-state index contributed by atoms with van der Waals surface area (Å²) in [6.45, 7) is 4.12. The van der Waals surface area contributed by atoms with Crippen molar-refractivity contribution in [3.05, 3.63) is 29.8 Å². The van der Waals surface area contributed by atoms with Gasteiger partial charge in [-0.25, -0.2) is 0 Å². The van der Waals surface area contributed by atoms with Gasteiger partial charge in [-0.1, -0.05) is 32.0 Å². The topological polar surface area (TPSA) is 38.3 Å². The Morgan fingerprint density at radius 3 is 2.61 bits per heavy atom. The molecule has 1 saturated carbocycles. The molecule has 0 radical (unpaired) electrons. The fourth-order valence-corrected chi connectivity index (χ4v) is 2.32. The predicted octanol–water partition coefficient (Wildman–Crippen LogP) is 2.85. The van der Waals surface area contributed by atoms with Gasteiger partial charge in [0.25, 0.3) is 0 Å². The van der Waals surface area contributed by atoms with Crippen LogP contribution in [0.1, 0.15) is 38.7 Å². The zero-order valence-corrected chi connectivity index (χ0v) is 11.3. The molecule has 0 bridgehead atoms. The summed E-state index contributed by atoms with van der Waals surface area (Å²) < 4.78 is 5.38. The second kappa shape index (κ2) is 5.01. The fraction of sp³-hybridized carbons (Fsp3) is 0.533. The molecule has 2 rings (SSSR count). The minimum Gasteiger partial charge on any atom is -0.496 e. The number of carbonyl (C=O) groups excluding carboxylic acids is 1. The van der Waals surface area contributed by atoms with E-state index in [1.165, 1.54) is 0 Å².